The minimum absolute atomic E-state index is 0.0871. The average Bonchev–Trinajstić information content (AvgIpc) is 3.62. The number of pyridine rings is 1. The van der Waals surface area contributed by atoms with Crippen LogP contribution in [0.2, 0.25) is 5.35 Å². The maximum Gasteiger partial charge on any atom is 0.320 e. The van der Waals surface area contributed by atoms with Gasteiger partial charge in [0.2, 0.25) is 0 Å². The monoisotopic (exact) mass is 553 g/mol. The van der Waals surface area contributed by atoms with Crippen LogP contribution in [-0.4, -0.2) is 41.0 Å². The van der Waals surface area contributed by atoms with E-state index in [4.69, 9.17) is 30.7 Å². The van der Waals surface area contributed by atoms with Crippen molar-refractivity contribution >= 4 is 28.2 Å². The highest BCUT2D eigenvalue weighted by Crippen LogP contribution is 2.35. The van der Waals surface area contributed by atoms with Gasteiger partial charge in [-0.15, -0.1) is 10.2 Å². The maximum atomic E-state index is 6.31. The minimum atomic E-state index is 0.0871. The lowest BCUT2D eigenvalue weighted by Crippen LogP contribution is -2.23. The van der Waals surface area contributed by atoms with Gasteiger partial charge >= 0.3 is 5.35 Å². The van der Waals surface area contributed by atoms with E-state index in [1.54, 1.807) is 10.7 Å². The van der Waals surface area contributed by atoms with Crippen LogP contribution in [0.25, 0.3) is 27.8 Å². The minimum Gasteiger partial charge on any atom is -0.490 e. The van der Waals surface area contributed by atoms with Gasteiger partial charge in [0.15, 0.2) is 17.3 Å². The fraction of sp³-hybridized carbons (Fsp3) is 0.241. The molecule has 0 amide bonds. The molecule has 0 unspecified atom stereocenters. The molecule has 1 aliphatic carbocycles. The number of benzene rings is 2. The van der Waals surface area contributed by atoms with Crippen LogP contribution in [0.1, 0.15) is 43.3 Å². The number of ether oxygens (including phenoxy) is 2. The molecule has 6 aromatic rings. The molecule has 1 saturated carbocycles. The molecule has 0 radical (unpaired) electrons. The van der Waals surface area contributed by atoms with Crippen molar-refractivity contribution in [2.75, 3.05) is 0 Å². The van der Waals surface area contributed by atoms with E-state index in [0.717, 1.165) is 53.6 Å². The molecule has 0 bridgehead atoms. The standard InChI is InChI=1S/C29H24ClN7O3/c30-29-32-28(36-40-29)19-6-8-20(9-7-19)39-21-10-11-22-24(16-21)31-15-14-25(22)38-17-27-34-33-26-13-12-23(35-37(26)27)18-4-2-1-3-5-18/h1-5,10-16,19-20H,6-9,17H2. The SMILES string of the molecule is Clc1nc(C2CCC(Oc3ccc4c(OCc5nnc6ccc(-c7ccccc7)nn56)ccnc4c3)CC2)no1. The first kappa shape index (κ1) is 24.5. The third-order valence-electron chi connectivity index (χ3n) is 7.19. The molecule has 0 aliphatic heterocycles. The van der Waals surface area contributed by atoms with E-state index >= 15 is 0 Å². The lowest BCUT2D eigenvalue weighted by molar-refractivity contribution is 0.144. The van der Waals surface area contributed by atoms with Crippen LogP contribution in [-0.2, 0) is 6.61 Å². The molecule has 0 atom stereocenters. The van der Waals surface area contributed by atoms with E-state index in [9.17, 15) is 0 Å². The number of halogens is 1. The highest BCUT2D eigenvalue weighted by atomic mass is 35.5. The predicted octanol–water partition coefficient (Wildman–Crippen LogP) is 6.06. The Morgan fingerprint density at radius 3 is 2.65 bits per heavy atom. The quantitative estimate of drug-likeness (QED) is 0.233. The molecular weight excluding hydrogens is 530 g/mol. The lowest BCUT2D eigenvalue weighted by atomic mass is 9.87. The van der Waals surface area contributed by atoms with Gasteiger partial charge in [0.25, 0.3) is 0 Å². The summed E-state index contributed by atoms with van der Waals surface area (Å²) in [5, 5.41) is 18.2. The normalized spacial score (nSPS) is 17.3. The van der Waals surface area contributed by atoms with Gasteiger partial charge in [0, 0.05) is 29.1 Å². The Morgan fingerprint density at radius 2 is 1.82 bits per heavy atom. The van der Waals surface area contributed by atoms with E-state index in [-0.39, 0.29) is 24.0 Å². The fourth-order valence-electron chi connectivity index (χ4n) is 5.14. The average molecular weight is 554 g/mol. The summed E-state index contributed by atoms with van der Waals surface area (Å²) in [5.74, 6) is 3.02. The van der Waals surface area contributed by atoms with Gasteiger partial charge in [-0.25, -0.2) is 0 Å². The Morgan fingerprint density at radius 1 is 0.950 bits per heavy atom. The summed E-state index contributed by atoms with van der Waals surface area (Å²) in [7, 11) is 0. The van der Waals surface area contributed by atoms with Crippen molar-refractivity contribution in [1.82, 2.24) is 34.9 Å². The highest BCUT2D eigenvalue weighted by Gasteiger charge is 2.27. The van der Waals surface area contributed by atoms with Gasteiger partial charge in [0.1, 0.15) is 18.1 Å². The van der Waals surface area contributed by atoms with Crippen molar-refractivity contribution in [3.63, 3.8) is 0 Å². The predicted molar refractivity (Wildman–Crippen MR) is 147 cm³/mol. The number of aromatic nitrogens is 7. The number of nitrogens with zero attached hydrogens (tertiary/aromatic N) is 7. The molecule has 2 aromatic carbocycles. The molecule has 7 rings (SSSR count). The van der Waals surface area contributed by atoms with Crippen LogP contribution in [0, 0.1) is 0 Å². The van der Waals surface area contributed by atoms with Gasteiger partial charge in [-0.2, -0.15) is 14.6 Å². The molecular formula is C29H24ClN7O3. The summed E-state index contributed by atoms with van der Waals surface area (Å²) >= 11 is 5.78. The Bertz CT molecular complexity index is 1780. The van der Waals surface area contributed by atoms with E-state index in [1.165, 1.54) is 0 Å². The van der Waals surface area contributed by atoms with Crippen molar-refractivity contribution in [2.45, 2.75) is 44.3 Å². The van der Waals surface area contributed by atoms with Crippen LogP contribution in [0.5, 0.6) is 11.5 Å². The third kappa shape index (κ3) is 4.93. The molecule has 11 heteroatoms. The van der Waals surface area contributed by atoms with E-state index in [2.05, 4.69) is 25.3 Å². The first-order chi connectivity index (χ1) is 19.7. The molecule has 4 aromatic heterocycles. The summed E-state index contributed by atoms with van der Waals surface area (Å²) in [6.45, 7) is 0.207. The topological polar surface area (TPSA) is 113 Å². The maximum absolute atomic E-state index is 6.31. The van der Waals surface area contributed by atoms with Gasteiger partial charge in [-0.05, 0) is 67.6 Å². The van der Waals surface area contributed by atoms with Crippen molar-refractivity contribution in [3.05, 3.63) is 89.9 Å². The fourth-order valence-corrected chi connectivity index (χ4v) is 5.26. The van der Waals surface area contributed by atoms with Crippen molar-refractivity contribution in [2.24, 2.45) is 0 Å². The second kappa shape index (κ2) is 10.5. The van der Waals surface area contributed by atoms with Gasteiger partial charge in [-0.3, -0.25) is 4.98 Å². The zero-order chi connectivity index (χ0) is 26.9. The van der Waals surface area contributed by atoms with Crippen molar-refractivity contribution < 1.29 is 14.0 Å². The van der Waals surface area contributed by atoms with Crippen LogP contribution >= 0.6 is 11.6 Å². The second-order valence-electron chi connectivity index (χ2n) is 9.74. The summed E-state index contributed by atoms with van der Waals surface area (Å²) in [4.78, 5) is 8.71. The molecule has 0 saturated heterocycles. The van der Waals surface area contributed by atoms with Crippen molar-refractivity contribution in [1.29, 1.82) is 0 Å². The van der Waals surface area contributed by atoms with Gasteiger partial charge in [0.05, 0.1) is 17.3 Å². The first-order valence-electron chi connectivity index (χ1n) is 13.1. The Labute approximate surface area is 233 Å². The number of hydrogen-bond acceptors (Lipinski definition) is 9. The molecule has 1 fully saturated rings. The zero-order valence-corrected chi connectivity index (χ0v) is 22.1. The van der Waals surface area contributed by atoms with Crippen LogP contribution in [0.3, 0.4) is 0 Å². The van der Waals surface area contributed by atoms with Crippen molar-refractivity contribution in [3.8, 4) is 22.8 Å². The lowest BCUT2D eigenvalue weighted by Gasteiger charge is -2.27. The molecule has 0 N–H and O–H groups in total. The Balaban J connectivity index is 1.04. The molecule has 0 spiro atoms. The van der Waals surface area contributed by atoms with E-state index in [0.29, 0.717) is 23.0 Å². The van der Waals surface area contributed by atoms with Crippen LogP contribution in [0.15, 0.2) is 77.4 Å². The summed E-state index contributed by atoms with van der Waals surface area (Å²) in [6, 6.07) is 21.6. The number of fused-ring (bicyclic) bond motifs is 2. The molecule has 40 heavy (non-hydrogen) atoms. The number of rotatable bonds is 7. The second-order valence-corrected chi connectivity index (χ2v) is 10.1. The Kier molecular flexibility index (Phi) is 6.45. The first-order valence-corrected chi connectivity index (χ1v) is 13.5. The highest BCUT2D eigenvalue weighted by molar-refractivity contribution is 6.27. The summed E-state index contributed by atoms with van der Waals surface area (Å²) in [5.41, 5.74) is 3.31. The molecule has 1 aliphatic rings. The third-order valence-corrected chi connectivity index (χ3v) is 7.34. The molecule has 200 valence electrons. The van der Waals surface area contributed by atoms with E-state index in [1.807, 2.05) is 66.7 Å². The largest absolute Gasteiger partial charge is 0.490 e. The summed E-state index contributed by atoms with van der Waals surface area (Å²) < 4.78 is 19.1. The van der Waals surface area contributed by atoms with Gasteiger partial charge < -0.3 is 14.0 Å². The zero-order valence-electron chi connectivity index (χ0n) is 21.4. The molecule has 10 nitrogen and oxygen atoms in total. The summed E-state index contributed by atoms with van der Waals surface area (Å²) in [6.07, 6.45) is 5.49. The van der Waals surface area contributed by atoms with Crippen LogP contribution in [0.4, 0.5) is 0 Å². The molecule has 4 heterocycles. The van der Waals surface area contributed by atoms with E-state index < -0.39 is 0 Å². The Hall–Kier alpha value is -4.57. The smallest absolute Gasteiger partial charge is 0.320 e. The number of hydrogen-bond donors (Lipinski definition) is 0. The van der Waals surface area contributed by atoms with Crippen LogP contribution < -0.4 is 9.47 Å². The van der Waals surface area contributed by atoms with Gasteiger partial charge in [-0.1, -0.05) is 35.5 Å².